The number of esters is 1. The fourth-order valence-corrected chi connectivity index (χ4v) is 2.29. The third kappa shape index (κ3) is 5.03. The Kier molecular flexibility index (Phi) is 6.26. The summed E-state index contributed by atoms with van der Waals surface area (Å²) < 4.78 is 5.93. The van der Waals surface area contributed by atoms with E-state index in [1.54, 1.807) is 0 Å². The molecule has 24 heavy (non-hydrogen) atoms. The van der Waals surface area contributed by atoms with E-state index in [4.69, 9.17) is 4.74 Å². The first-order valence-corrected chi connectivity index (χ1v) is 8.06. The largest absolute Gasteiger partial charge is 0.452 e. The van der Waals surface area contributed by atoms with E-state index in [0.717, 1.165) is 10.0 Å². The van der Waals surface area contributed by atoms with Crippen molar-refractivity contribution in [1.29, 1.82) is 0 Å². The van der Waals surface area contributed by atoms with Crippen molar-refractivity contribution in [3.05, 3.63) is 69.7 Å². The van der Waals surface area contributed by atoms with Gasteiger partial charge in [0.25, 0.3) is 5.91 Å². The van der Waals surface area contributed by atoms with Gasteiger partial charge < -0.3 is 10.1 Å². The topological polar surface area (TPSA) is 72.5 Å². The highest BCUT2D eigenvalue weighted by atomic mass is 79.9. The van der Waals surface area contributed by atoms with Crippen molar-refractivity contribution in [2.45, 2.75) is 13.0 Å². The Bertz CT molecular complexity index is 726. The highest BCUT2D eigenvalue weighted by molar-refractivity contribution is 9.10. The summed E-state index contributed by atoms with van der Waals surface area (Å²) in [6.45, 7) is 1.48. The van der Waals surface area contributed by atoms with E-state index >= 15 is 0 Å². The third-order valence-electron chi connectivity index (χ3n) is 3.36. The second-order valence-electron chi connectivity index (χ2n) is 5.16. The average molecular weight is 390 g/mol. The summed E-state index contributed by atoms with van der Waals surface area (Å²) in [6, 6.07) is 13.4. The molecule has 5 nitrogen and oxygen atoms in total. The van der Waals surface area contributed by atoms with E-state index in [0.29, 0.717) is 11.8 Å². The molecule has 0 aliphatic rings. The van der Waals surface area contributed by atoms with Crippen molar-refractivity contribution in [1.82, 2.24) is 5.32 Å². The molecule has 0 spiro atoms. The Morgan fingerprint density at radius 2 is 1.75 bits per heavy atom. The molecule has 124 valence electrons. The fourth-order valence-electron chi connectivity index (χ4n) is 2.03. The number of nitrogens with one attached hydrogen (secondary N) is 1. The van der Waals surface area contributed by atoms with Crippen LogP contribution in [0.3, 0.4) is 0 Å². The van der Waals surface area contributed by atoms with Gasteiger partial charge in [-0.05, 0) is 36.8 Å². The molecule has 0 saturated heterocycles. The highest BCUT2D eigenvalue weighted by Crippen LogP contribution is 2.16. The predicted octanol–water partition coefficient (Wildman–Crippen LogP) is 3.30. The quantitative estimate of drug-likeness (QED) is 0.607. The molecule has 0 aliphatic carbocycles. The number of amides is 1. The van der Waals surface area contributed by atoms with Crippen LogP contribution in [0.5, 0.6) is 0 Å². The van der Waals surface area contributed by atoms with Crippen molar-refractivity contribution in [2.75, 3.05) is 6.61 Å². The number of ether oxygens (including phenoxy) is 1. The van der Waals surface area contributed by atoms with E-state index in [1.807, 2.05) is 31.2 Å². The number of hydrogen-bond acceptors (Lipinski definition) is 4. The highest BCUT2D eigenvalue weighted by Gasteiger charge is 2.13. The number of carbonyl (C=O) groups is 3. The normalized spacial score (nSPS) is 11.4. The number of halogens is 1. The molecule has 1 amide bonds. The van der Waals surface area contributed by atoms with Crippen LogP contribution < -0.4 is 5.32 Å². The minimum absolute atomic E-state index is 0.198. The Labute approximate surface area is 148 Å². The zero-order chi connectivity index (χ0) is 17.5. The molecule has 0 unspecified atom stereocenters. The summed E-state index contributed by atoms with van der Waals surface area (Å²) in [5, 5.41) is 2.76. The standard InChI is InChI=1S/C18H16BrNO4/c1-12(14-6-8-16(19)9-7-14)20-17(22)11-24-18(23)15-4-2-13(10-21)3-5-15/h2-10,12H,11H2,1H3,(H,20,22)/t12-/m0/s1. The molecule has 2 aromatic rings. The second-order valence-corrected chi connectivity index (χ2v) is 6.07. The molecule has 2 rings (SSSR count). The summed E-state index contributed by atoms with van der Waals surface area (Å²) in [6.07, 6.45) is 0.687. The van der Waals surface area contributed by atoms with Crippen molar-refractivity contribution >= 4 is 34.1 Å². The lowest BCUT2D eigenvalue weighted by Crippen LogP contribution is -2.31. The molecule has 0 aliphatic heterocycles. The van der Waals surface area contributed by atoms with E-state index in [1.165, 1.54) is 24.3 Å². The monoisotopic (exact) mass is 389 g/mol. The third-order valence-corrected chi connectivity index (χ3v) is 3.89. The summed E-state index contributed by atoms with van der Waals surface area (Å²) in [4.78, 5) is 34.3. The maximum absolute atomic E-state index is 11.9. The Morgan fingerprint density at radius 3 is 2.33 bits per heavy atom. The Morgan fingerprint density at radius 1 is 1.12 bits per heavy atom. The van der Waals surface area contributed by atoms with Gasteiger partial charge in [-0.25, -0.2) is 4.79 Å². The second kappa shape index (κ2) is 8.40. The van der Waals surface area contributed by atoms with Crippen LogP contribution in [0.15, 0.2) is 53.0 Å². The fraction of sp³-hybridized carbons (Fsp3) is 0.167. The molecule has 0 fully saturated rings. The molecule has 1 N–H and O–H groups in total. The Balaban J connectivity index is 1.84. The van der Waals surface area contributed by atoms with Crippen LogP contribution in [0.1, 0.15) is 39.2 Å². The van der Waals surface area contributed by atoms with Gasteiger partial charge in [0, 0.05) is 10.0 Å². The molecule has 0 bridgehead atoms. The molecular weight excluding hydrogens is 374 g/mol. The number of aldehydes is 1. The van der Waals surface area contributed by atoms with Crippen LogP contribution in [0.4, 0.5) is 0 Å². The molecule has 1 atom stereocenters. The number of carbonyl (C=O) groups excluding carboxylic acids is 3. The maximum Gasteiger partial charge on any atom is 0.338 e. The van der Waals surface area contributed by atoms with Crippen molar-refractivity contribution < 1.29 is 19.1 Å². The molecule has 0 saturated carbocycles. The molecule has 2 aromatic carbocycles. The van der Waals surface area contributed by atoms with Crippen molar-refractivity contribution in [2.24, 2.45) is 0 Å². The van der Waals surface area contributed by atoms with Crippen molar-refractivity contribution in [3.63, 3.8) is 0 Å². The van der Waals surface area contributed by atoms with Gasteiger partial charge >= 0.3 is 5.97 Å². The summed E-state index contributed by atoms with van der Waals surface area (Å²) >= 11 is 3.35. The van der Waals surface area contributed by atoms with Crippen LogP contribution in [0, 0.1) is 0 Å². The summed E-state index contributed by atoms with van der Waals surface area (Å²) in [5.74, 6) is -0.998. The lowest BCUT2D eigenvalue weighted by atomic mass is 10.1. The van der Waals surface area contributed by atoms with Crippen LogP contribution in [-0.2, 0) is 9.53 Å². The van der Waals surface area contributed by atoms with Gasteiger partial charge in [0.15, 0.2) is 6.61 Å². The van der Waals surface area contributed by atoms with Gasteiger partial charge in [-0.15, -0.1) is 0 Å². The number of rotatable bonds is 6. The molecule has 0 heterocycles. The number of benzene rings is 2. The average Bonchev–Trinajstić information content (AvgIpc) is 2.60. The van der Waals surface area contributed by atoms with E-state index in [9.17, 15) is 14.4 Å². The zero-order valence-corrected chi connectivity index (χ0v) is 14.6. The molecule has 6 heteroatoms. The van der Waals surface area contributed by atoms with Gasteiger partial charge in [0.2, 0.25) is 0 Å². The predicted molar refractivity (Wildman–Crippen MR) is 92.8 cm³/mol. The molecular formula is C18H16BrNO4. The van der Waals surface area contributed by atoms with Gasteiger partial charge in [-0.2, -0.15) is 0 Å². The lowest BCUT2D eigenvalue weighted by molar-refractivity contribution is -0.124. The summed E-state index contributed by atoms with van der Waals surface area (Å²) in [7, 11) is 0. The van der Waals surface area contributed by atoms with Crippen LogP contribution in [0.2, 0.25) is 0 Å². The lowest BCUT2D eigenvalue weighted by Gasteiger charge is -2.14. The SMILES string of the molecule is C[C@H](NC(=O)COC(=O)c1ccc(C=O)cc1)c1ccc(Br)cc1. The minimum Gasteiger partial charge on any atom is -0.452 e. The first-order chi connectivity index (χ1) is 11.5. The van der Waals surface area contributed by atoms with E-state index < -0.39 is 5.97 Å². The van der Waals surface area contributed by atoms with Crippen LogP contribution in [-0.4, -0.2) is 24.8 Å². The van der Waals surface area contributed by atoms with Gasteiger partial charge in [-0.1, -0.05) is 40.2 Å². The number of hydrogen-bond donors (Lipinski definition) is 1. The smallest absolute Gasteiger partial charge is 0.338 e. The van der Waals surface area contributed by atoms with Crippen LogP contribution in [0.25, 0.3) is 0 Å². The van der Waals surface area contributed by atoms with E-state index in [2.05, 4.69) is 21.2 Å². The van der Waals surface area contributed by atoms with Gasteiger partial charge in [0.05, 0.1) is 11.6 Å². The minimum atomic E-state index is -0.612. The van der Waals surface area contributed by atoms with Gasteiger partial charge in [0.1, 0.15) is 6.29 Å². The first-order valence-electron chi connectivity index (χ1n) is 7.27. The van der Waals surface area contributed by atoms with Gasteiger partial charge in [-0.3, -0.25) is 9.59 Å². The van der Waals surface area contributed by atoms with E-state index in [-0.39, 0.29) is 24.1 Å². The molecule has 0 radical (unpaired) electrons. The first kappa shape index (κ1) is 17.9. The maximum atomic E-state index is 11.9. The zero-order valence-electron chi connectivity index (χ0n) is 13.0. The summed E-state index contributed by atoms with van der Waals surface area (Å²) in [5.41, 5.74) is 1.70. The molecule has 0 aromatic heterocycles. The van der Waals surface area contributed by atoms with Crippen molar-refractivity contribution in [3.8, 4) is 0 Å². The Hall–Kier alpha value is -2.47. The van der Waals surface area contributed by atoms with Crippen LogP contribution >= 0.6 is 15.9 Å².